The van der Waals surface area contributed by atoms with Crippen molar-refractivity contribution in [1.82, 2.24) is 14.7 Å². The number of aryl methyl sites for hydroxylation is 1. The van der Waals surface area contributed by atoms with Crippen LogP contribution in [0, 0.1) is 12.8 Å². The first-order valence-electron chi connectivity index (χ1n) is 9.89. The molecule has 1 heterocycles. The number of carbonyl (C=O) groups is 1. The molecule has 1 N–H and O–H groups in total. The minimum Gasteiger partial charge on any atom is -0.430 e. The monoisotopic (exact) mass is 409 g/mol. The third-order valence-electron chi connectivity index (χ3n) is 4.47. The van der Waals surface area contributed by atoms with Gasteiger partial charge in [-0.2, -0.15) is 9.36 Å². The van der Waals surface area contributed by atoms with Crippen molar-refractivity contribution in [3.05, 3.63) is 71.0 Å². The van der Waals surface area contributed by atoms with Crippen molar-refractivity contribution in [3.63, 3.8) is 0 Å². The Labute approximate surface area is 176 Å². The molecule has 5 nitrogen and oxygen atoms in total. The standard InChI is InChI=1S/C23H27N3O2S/c1-16(2)12-13-24-22(27)15-19-8-10-20(11-9-19)28-23-25-21(26-29-23)14-18-6-4-17(3)5-7-18/h4-11,16H,12-15H2,1-3H3,(H,24,27). The van der Waals surface area contributed by atoms with Gasteiger partial charge >= 0.3 is 0 Å². The second-order valence-corrected chi connectivity index (χ2v) is 8.31. The van der Waals surface area contributed by atoms with Gasteiger partial charge in [-0.25, -0.2) is 0 Å². The minimum atomic E-state index is 0.0455. The Hall–Kier alpha value is -2.73. The van der Waals surface area contributed by atoms with E-state index >= 15 is 0 Å². The summed E-state index contributed by atoms with van der Waals surface area (Å²) in [4.78, 5) is 16.4. The summed E-state index contributed by atoms with van der Waals surface area (Å²) < 4.78 is 10.2. The molecular weight excluding hydrogens is 382 g/mol. The van der Waals surface area contributed by atoms with Gasteiger partial charge in [0.1, 0.15) is 5.75 Å². The zero-order valence-electron chi connectivity index (χ0n) is 17.1. The van der Waals surface area contributed by atoms with Gasteiger partial charge < -0.3 is 10.1 Å². The van der Waals surface area contributed by atoms with Gasteiger partial charge in [-0.15, -0.1) is 0 Å². The first-order valence-corrected chi connectivity index (χ1v) is 10.7. The Morgan fingerprint density at radius 1 is 1.07 bits per heavy atom. The van der Waals surface area contributed by atoms with Crippen LogP contribution < -0.4 is 10.1 Å². The topological polar surface area (TPSA) is 64.1 Å². The second-order valence-electron chi connectivity index (χ2n) is 7.59. The second kappa shape index (κ2) is 10.2. The summed E-state index contributed by atoms with van der Waals surface area (Å²) in [5.74, 6) is 2.07. The van der Waals surface area contributed by atoms with Crippen LogP contribution in [0.15, 0.2) is 48.5 Å². The van der Waals surface area contributed by atoms with Gasteiger partial charge in [-0.05, 0) is 42.5 Å². The van der Waals surface area contributed by atoms with Crippen molar-refractivity contribution in [2.45, 2.75) is 40.0 Å². The van der Waals surface area contributed by atoms with Crippen LogP contribution in [0.3, 0.4) is 0 Å². The van der Waals surface area contributed by atoms with Gasteiger partial charge in [0, 0.05) is 24.5 Å². The lowest BCUT2D eigenvalue weighted by Gasteiger charge is -2.07. The normalized spacial score (nSPS) is 10.9. The number of hydrogen-bond donors (Lipinski definition) is 1. The highest BCUT2D eigenvalue weighted by Gasteiger charge is 2.08. The third kappa shape index (κ3) is 6.98. The molecule has 29 heavy (non-hydrogen) atoms. The molecule has 0 aliphatic carbocycles. The van der Waals surface area contributed by atoms with E-state index in [1.165, 1.54) is 22.7 Å². The zero-order chi connectivity index (χ0) is 20.6. The van der Waals surface area contributed by atoms with E-state index in [9.17, 15) is 4.79 Å². The molecular formula is C23H27N3O2S. The van der Waals surface area contributed by atoms with Gasteiger partial charge in [-0.3, -0.25) is 4.79 Å². The van der Waals surface area contributed by atoms with Crippen LogP contribution in [-0.4, -0.2) is 21.8 Å². The van der Waals surface area contributed by atoms with Gasteiger partial charge in [0.25, 0.3) is 5.19 Å². The maximum absolute atomic E-state index is 12.0. The van der Waals surface area contributed by atoms with Gasteiger partial charge in [-0.1, -0.05) is 55.8 Å². The summed E-state index contributed by atoms with van der Waals surface area (Å²) in [6.07, 6.45) is 2.05. The third-order valence-corrected chi connectivity index (χ3v) is 5.10. The minimum absolute atomic E-state index is 0.0455. The lowest BCUT2D eigenvalue weighted by Crippen LogP contribution is -2.26. The van der Waals surface area contributed by atoms with Crippen molar-refractivity contribution < 1.29 is 9.53 Å². The van der Waals surface area contributed by atoms with Crippen molar-refractivity contribution in [1.29, 1.82) is 0 Å². The Morgan fingerprint density at radius 2 is 1.76 bits per heavy atom. The smallest absolute Gasteiger partial charge is 0.298 e. The van der Waals surface area contributed by atoms with Crippen LogP contribution in [0.25, 0.3) is 0 Å². The summed E-state index contributed by atoms with van der Waals surface area (Å²) in [5.41, 5.74) is 3.37. The van der Waals surface area contributed by atoms with Crippen LogP contribution in [0.5, 0.6) is 10.9 Å². The van der Waals surface area contributed by atoms with E-state index in [0.29, 0.717) is 29.7 Å². The lowest BCUT2D eigenvalue weighted by atomic mass is 10.1. The first-order chi connectivity index (χ1) is 14.0. The molecule has 1 aromatic heterocycles. The molecule has 3 rings (SSSR count). The number of nitrogens with one attached hydrogen (secondary N) is 1. The lowest BCUT2D eigenvalue weighted by molar-refractivity contribution is -0.120. The number of aromatic nitrogens is 2. The molecule has 0 unspecified atom stereocenters. The predicted molar refractivity (Wildman–Crippen MR) is 117 cm³/mol. The largest absolute Gasteiger partial charge is 0.430 e. The molecule has 0 saturated heterocycles. The summed E-state index contributed by atoms with van der Waals surface area (Å²) in [7, 11) is 0. The van der Waals surface area contributed by atoms with E-state index in [-0.39, 0.29) is 5.91 Å². The van der Waals surface area contributed by atoms with E-state index in [1.54, 1.807) is 0 Å². The van der Waals surface area contributed by atoms with Crippen molar-refractivity contribution in [2.24, 2.45) is 5.92 Å². The molecule has 6 heteroatoms. The highest BCUT2D eigenvalue weighted by Crippen LogP contribution is 2.24. The molecule has 3 aromatic rings. The molecule has 0 atom stereocenters. The van der Waals surface area contributed by atoms with E-state index in [1.807, 2.05) is 24.3 Å². The van der Waals surface area contributed by atoms with Crippen molar-refractivity contribution in [3.8, 4) is 10.9 Å². The number of benzene rings is 2. The van der Waals surface area contributed by atoms with E-state index in [2.05, 4.69) is 59.7 Å². The summed E-state index contributed by atoms with van der Waals surface area (Å²) in [5, 5.41) is 3.48. The average Bonchev–Trinajstić information content (AvgIpc) is 3.12. The highest BCUT2D eigenvalue weighted by molar-refractivity contribution is 7.07. The molecule has 0 aliphatic rings. The number of amides is 1. The SMILES string of the molecule is Cc1ccc(Cc2nsc(Oc3ccc(CC(=O)NCCC(C)C)cc3)n2)cc1. The molecule has 0 aliphatic heterocycles. The number of ether oxygens (including phenoxy) is 1. The van der Waals surface area contributed by atoms with Crippen molar-refractivity contribution in [2.75, 3.05) is 6.54 Å². The quantitative estimate of drug-likeness (QED) is 0.544. The van der Waals surface area contributed by atoms with Crippen LogP contribution in [0.2, 0.25) is 0 Å². The fraction of sp³-hybridized carbons (Fsp3) is 0.348. The highest BCUT2D eigenvalue weighted by atomic mass is 32.1. The van der Waals surface area contributed by atoms with Crippen LogP contribution in [0.4, 0.5) is 0 Å². The Morgan fingerprint density at radius 3 is 2.45 bits per heavy atom. The van der Waals surface area contributed by atoms with Gasteiger partial charge in [0.05, 0.1) is 6.42 Å². The van der Waals surface area contributed by atoms with Crippen LogP contribution in [0.1, 0.15) is 42.8 Å². The molecule has 0 radical (unpaired) electrons. The molecule has 0 fully saturated rings. The van der Waals surface area contributed by atoms with E-state index < -0.39 is 0 Å². The first kappa shape index (κ1) is 21.0. The molecule has 152 valence electrons. The average molecular weight is 410 g/mol. The number of nitrogens with zero attached hydrogens (tertiary/aromatic N) is 2. The fourth-order valence-corrected chi connectivity index (χ4v) is 3.33. The zero-order valence-corrected chi connectivity index (χ0v) is 18.0. The molecule has 0 spiro atoms. The number of hydrogen-bond acceptors (Lipinski definition) is 5. The molecule has 0 bridgehead atoms. The number of carbonyl (C=O) groups excluding carboxylic acids is 1. The van der Waals surface area contributed by atoms with E-state index in [4.69, 9.17) is 4.74 Å². The summed E-state index contributed by atoms with van der Waals surface area (Å²) in [6, 6.07) is 15.9. The van der Waals surface area contributed by atoms with Crippen LogP contribution >= 0.6 is 11.5 Å². The van der Waals surface area contributed by atoms with Gasteiger partial charge in [0.15, 0.2) is 5.82 Å². The molecule has 2 aromatic carbocycles. The molecule has 0 saturated carbocycles. The maximum atomic E-state index is 12.0. The molecule has 1 amide bonds. The van der Waals surface area contributed by atoms with E-state index in [0.717, 1.165) is 24.4 Å². The predicted octanol–water partition coefficient (Wildman–Crippen LogP) is 4.93. The Kier molecular flexibility index (Phi) is 7.36. The Bertz CT molecular complexity index is 918. The van der Waals surface area contributed by atoms with Crippen molar-refractivity contribution >= 4 is 17.4 Å². The van der Waals surface area contributed by atoms with Gasteiger partial charge in [0.2, 0.25) is 5.91 Å². The number of rotatable bonds is 9. The maximum Gasteiger partial charge on any atom is 0.298 e. The fourth-order valence-electron chi connectivity index (χ4n) is 2.76. The summed E-state index contributed by atoms with van der Waals surface area (Å²) in [6.45, 7) is 7.09. The summed E-state index contributed by atoms with van der Waals surface area (Å²) >= 11 is 1.25. The van der Waals surface area contributed by atoms with Crippen LogP contribution in [-0.2, 0) is 17.6 Å². The Balaban J connectivity index is 1.50.